The Morgan fingerprint density at radius 1 is 0.367 bits per heavy atom. The zero-order valence-corrected chi connectivity index (χ0v) is 28.1. The van der Waals surface area contributed by atoms with Crippen LogP contribution in [0.4, 0.5) is 17.1 Å². The molecule has 0 atom stereocenters. The fourth-order valence-electron chi connectivity index (χ4n) is 7.30. The number of nitrogens with zero attached hydrogens (tertiary/aromatic N) is 1. The smallest absolute Gasteiger partial charge is 0.0555 e. The van der Waals surface area contributed by atoms with Gasteiger partial charge in [0.05, 0.1) is 5.69 Å². The van der Waals surface area contributed by atoms with E-state index in [9.17, 15) is 0 Å². The van der Waals surface area contributed by atoms with Gasteiger partial charge in [0, 0.05) is 51.7 Å². The average Bonchev–Trinajstić information content (AvgIpc) is 3.74. The standard InChI is InChI=1S/C46H29NS2/c1-3-11-30(12-4-1)34-20-23-38-40-29-36(22-26-43(40)48-44(38)28-34)47(35-21-19-31-13-7-8-16-33(31)27-35)41-25-24-37(32-14-5-2-6-15-32)46-45(41)39-17-9-10-18-42(39)49-46/h1-29H. The molecule has 0 saturated heterocycles. The molecule has 0 bridgehead atoms. The Balaban J connectivity index is 1.23. The summed E-state index contributed by atoms with van der Waals surface area (Å²) in [6.07, 6.45) is 0. The van der Waals surface area contributed by atoms with Crippen molar-refractivity contribution in [1.82, 2.24) is 0 Å². The van der Waals surface area contributed by atoms with Crippen molar-refractivity contribution in [3.05, 3.63) is 176 Å². The quantitative estimate of drug-likeness (QED) is 0.178. The van der Waals surface area contributed by atoms with E-state index in [1.807, 2.05) is 22.7 Å². The van der Waals surface area contributed by atoms with Crippen LogP contribution in [0.15, 0.2) is 176 Å². The third-order valence-corrected chi connectivity index (χ3v) is 12.0. The first-order valence-corrected chi connectivity index (χ1v) is 18.2. The maximum atomic E-state index is 2.48. The predicted molar refractivity (Wildman–Crippen MR) is 215 cm³/mol. The molecule has 0 amide bonds. The van der Waals surface area contributed by atoms with Crippen LogP contribution >= 0.6 is 22.7 Å². The van der Waals surface area contributed by atoms with Gasteiger partial charge in [-0.05, 0) is 81.6 Å². The first kappa shape index (κ1) is 28.3. The topological polar surface area (TPSA) is 3.24 Å². The Kier molecular flexibility index (Phi) is 6.61. The van der Waals surface area contributed by atoms with Gasteiger partial charge in [-0.2, -0.15) is 0 Å². The number of fused-ring (bicyclic) bond motifs is 7. The number of anilines is 3. The minimum Gasteiger partial charge on any atom is -0.310 e. The molecule has 0 N–H and O–H groups in total. The summed E-state index contributed by atoms with van der Waals surface area (Å²) in [7, 11) is 0. The highest BCUT2D eigenvalue weighted by molar-refractivity contribution is 7.26. The Hall–Kier alpha value is -5.74. The molecule has 8 aromatic carbocycles. The van der Waals surface area contributed by atoms with E-state index in [0.717, 1.165) is 11.4 Å². The van der Waals surface area contributed by atoms with Crippen molar-refractivity contribution >= 4 is 90.9 Å². The highest BCUT2D eigenvalue weighted by atomic mass is 32.1. The first-order valence-electron chi connectivity index (χ1n) is 16.6. The molecule has 2 heterocycles. The lowest BCUT2D eigenvalue weighted by molar-refractivity contribution is 1.31. The van der Waals surface area contributed by atoms with Gasteiger partial charge >= 0.3 is 0 Å². The maximum absolute atomic E-state index is 2.48. The van der Waals surface area contributed by atoms with E-state index in [-0.39, 0.29) is 0 Å². The van der Waals surface area contributed by atoms with Crippen LogP contribution < -0.4 is 4.90 Å². The van der Waals surface area contributed by atoms with Gasteiger partial charge < -0.3 is 4.90 Å². The Morgan fingerprint density at radius 2 is 1.06 bits per heavy atom. The van der Waals surface area contributed by atoms with E-state index in [2.05, 4.69) is 181 Å². The van der Waals surface area contributed by atoms with Gasteiger partial charge in [-0.1, -0.05) is 127 Å². The Bertz CT molecular complexity index is 2830. The van der Waals surface area contributed by atoms with E-state index in [0.29, 0.717) is 0 Å². The summed E-state index contributed by atoms with van der Waals surface area (Å²) in [5.41, 5.74) is 8.50. The van der Waals surface area contributed by atoms with Crippen molar-refractivity contribution in [2.45, 2.75) is 0 Å². The lowest BCUT2D eigenvalue weighted by Gasteiger charge is -2.27. The van der Waals surface area contributed by atoms with Gasteiger partial charge in [0.15, 0.2) is 0 Å². The monoisotopic (exact) mass is 659 g/mol. The minimum absolute atomic E-state index is 1.15. The molecule has 0 spiro atoms. The molecule has 0 fully saturated rings. The van der Waals surface area contributed by atoms with Gasteiger partial charge in [-0.25, -0.2) is 0 Å². The van der Waals surface area contributed by atoms with Gasteiger partial charge in [0.2, 0.25) is 0 Å². The highest BCUT2D eigenvalue weighted by Gasteiger charge is 2.22. The molecule has 230 valence electrons. The van der Waals surface area contributed by atoms with Crippen LogP contribution in [-0.2, 0) is 0 Å². The molecular weight excluding hydrogens is 631 g/mol. The average molecular weight is 660 g/mol. The number of hydrogen-bond donors (Lipinski definition) is 0. The zero-order valence-electron chi connectivity index (χ0n) is 26.5. The van der Waals surface area contributed by atoms with E-state index >= 15 is 0 Å². The molecule has 10 aromatic rings. The van der Waals surface area contributed by atoms with Gasteiger partial charge in [0.1, 0.15) is 0 Å². The molecule has 1 nitrogen and oxygen atoms in total. The second kappa shape index (κ2) is 11.5. The molecule has 0 unspecified atom stereocenters. The van der Waals surface area contributed by atoms with Gasteiger partial charge in [-0.15, -0.1) is 22.7 Å². The normalized spacial score (nSPS) is 11.7. The van der Waals surface area contributed by atoms with Crippen LogP contribution in [0.3, 0.4) is 0 Å². The summed E-state index contributed by atoms with van der Waals surface area (Å²) in [6.45, 7) is 0. The number of rotatable bonds is 5. The van der Waals surface area contributed by atoms with Gasteiger partial charge in [-0.3, -0.25) is 0 Å². The molecule has 0 radical (unpaired) electrons. The molecule has 0 aliphatic carbocycles. The summed E-state index contributed by atoms with van der Waals surface area (Å²) >= 11 is 3.76. The third kappa shape index (κ3) is 4.74. The van der Waals surface area contributed by atoms with E-state index in [4.69, 9.17) is 0 Å². The van der Waals surface area contributed by atoms with E-state index < -0.39 is 0 Å². The van der Waals surface area contributed by atoms with Crippen LogP contribution in [0, 0.1) is 0 Å². The van der Waals surface area contributed by atoms with Crippen LogP contribution in [0.2, 0.25) is 0 Å². The summed E-state index contributed by atoms with van der Waals surface area (Å²) in [5, 5.41) is 7.63. The summed E-state index contributed by atoms with van der Waals surface area (Å²) in [5.74, 6) is 0. The Morgan fingerprint density at radius 3 is 1.92 bits per heavy atom. The van der Waals surface area contributed by atoms with Crippen LogP contribution in [0.25, 0.3) is 73.4 Å². The lowest BCUT2D eigenvalue weighted by atomic mass is 9.99. The number of benzene rings is 8. The first-order chi connectivity index (χ1) is 24.3. The highest BCUT2D eigenvalue weighted by Crippen LogP contribution is 2.49. The van der Waals surface area contributed by atoms with Gasteiger partial charge in [0.25, 0.3) is 0 Å². The zero-order chi connectivity index (χ0) is 32.3. The summed E-state index contributed by atoms with van der Waals surface area (Å²) in [6, 6.07) is 64.4. The largest absolute Gasteiger partial charge is 0.310 e. The number of thiophene rings is 2. The molecule has 10 rings (SSSR count). The van der Waals surface area contributed by atoms with Crippen molar-refractivity contribution in [1.29, 1.82) is 0 Å². The van der Waals surface area contributed by atoms with Crippen molar-refractivity contribution in [3.63, 3.8) is 0 Å². The molecule has 0 saturated carbocycles. The molecule has 0 aliphatic heterocycles. The van der Waals surface area contributed by atoms with Crippen LogP contribution in [0.5, 0.6) is 0 Å². The predicted octanol–water partition coefficient (Wildman–Crippen LogP) is 14.4. The fraction of sp³-hybridized carbons (Fsp3) is 0. The molecular formula is C46H29NS2. The summed E-state index contributed by atoms with van der Waals surface area (Å²) < 4.78 is 5.22. The van der Waals surface area contributed by atoms with Crippen molar-refractivity contribution < 1.29 is 0 Å². The fourth-order valence-corrected chi connectivity index (χ4v) is 9.68. The lowest BCUT2D eigenvalue weighted by Crippen LogP contribution is -2.10. The molecule has 3 heteroatoms. The molecule has 0 aliphatic rings. The SMILES string of the molecule is c1ccc(-c2ccc3c(c2)sc2ccc(N(c4ccc5ccccc5c4)c4ccc(-c5ccccc5)c5sc6ccccc6c45)cc23)cc1. The third-order valence-electron chi connectivity index (χ3n) is 9.64. The Labute approximate surface area is 292 Å². The summed E-state index contributed by atoms with van der Waals surface area (Å²) in [4.78, 5) is 2.48. The number of hydrogen-bond acceptors (Lipinski definition) is 3. The molecule has 49 heavy (non-hydrogen) atoms. The molecule has 2 aromatic heterocycles. The van der Waals surface area contributed by atoms with Crippen LogP contribution in [0.1, 0.15) is 0 Å². The van der Waals surface area contributed by atoms with Crippen LogP contribution in [-0.4, -0.2) is 0 Å². The van der Waals surface area contributed by atoms with E-state index in [1.165, 1.54) is 79.1 Å². The maximum Gasteiger partial charge on any atom is 0.0555 e. The van der Waals surface area contributed by atoms with Crippen molar-refractivity contribution in [2.75, 3.05) is 4.90 Å². The second-order valence-electron chi connectivity index (χ2n) is 12.5. The second-order valence-corrected chi connectivity index (χ2v) is 14.7. The van der Waals surface area contributed by atoms with Crippen molar-refractivity contribution in [2.24, 2.45) is 0 Å². The van der Waals surface area contributed by atoms with Crippen molar-refractivity contribution in [3.8, 4) is 22.3 Å². The van der Waals surface area contributed by atoms with E-state index in [1.54, 1.807) is 0 Å². The minimum atomic E-state index is 1.15.